The van der Waals surface area contributed by atoms with Gasteiger partial charge in [-0.05, 0) is 25.8 Å². The zero-order valence-corrected chi connectivity index (χ0v) is 12.7. The van der Waals surface area contributed by atoms with Crippen molar-refractivity contribution in [1.82, 2.24) is 24.6 Å². The Morgan fingerprint density at radius 3 is 2.86 bits per heavy atom. The number of nitrogens with zero attached hydrogens (tertiary/aromatic N) is 4. The molecule has 7 heteroatoms. The molecule has 1 atom stereocenters. The maximum absolute atomic E-state index is 12.5. The molecular formula is C15H19N5O2. The number of likely N-dealkylation sites (tertiary alicyclic amines) is 1. The molecule has 1 N–H and O–H groups in total. The first kappa shape index (κ1) is 14.5. The highest BCUT2D eigenvalue weighted by atomic mass is 16.2. The molecule has 22 heavy (non-hydrogen) atoms. The molecule has 1 amide bonds. The van der Waals surface area contributed by atoms with Gasteiger partial charge in [-0.2, -0.15) is 5.10 Å². The van der Waals surface area contributed by atoms with Crippen LogP contribution in [-0.4, -0.2) is 43.6 Å². The van der Waals surface area contributed by atoms with Gasteiger partial charge in [0.25, 0.3) is 11.5 Å². The van der Waals surface area contributed by atoms with Gasteiger partial charge >= 0.3 is 0 Å². The van der Waals surface area contributed by atoms with E-state index in [0.29, 0.717) is 13.1 Å². The summed E-state index contributed by atoms with van der Waals surface area (Å²) < 4.78 is 2.03. The Morgan fingerprint density at radius 2 is 2.23 bits per heavy atom. The summed E-state index contributed by atoms with van der Waals surface area (Å²) in [7, 11) is 1.99. The Balaban J connectivity index is 1.78. The summed E-state index contributed by atoms with van der Waals surface area (Å²) in [5, 5.41) is 6.13. The summed E-state index contributed by atoms with van der Waals surface area (Å²) in [6.45, 7) is 3.31. The van der Waals surface area contributed by atoms with Crippen molar-refractivity contribution in [2.45, 2.75) is 25.7 Å². The lowest BCUT2D eigenvalue weighted by atomic mass is 9.97. The van der Waals surface area contributed by atoms with E-state index in [-0.39, 0.29) is 23.1 Å². The van der Waals surface area contributed by atoms with Crippen molar-refractivity contribution in [1.29, 1.82) is 0 Å². The molecule has 0 bridgehead atoms. The number of imidazole rings is 1. The standard InChI is InChI=1S/C15H19N5O2/c1-10-8-19(2)14(16-10)11-4-3-7-20(9-11)15(22)12-5-6-13(21)18-17-12/h5-6,8,11H,3-4,7,9H2,1-2H3,(H,18,21)/t11-/m0/s1. The maximum atomic E-state index is 12.5. The Bertz CT molecular complexity index is 728. The third-order valence-electron chi connectivity index (χ3n) is 4.00. The van der Waals surface area contributed by atoms with E-state index in [9.17, 15) is 9.59 Å². The Labute approximate surface area is 128 Å². The van der Waals surface area contributed by atoms with Crippen LogP contribution in [0.2, 0.25) is 0 Å². The van der Waals surface area contributed by atoms with Gasteiger partial charge in [0.05, 0.1) is 5.69 Å². The van der Waals surface area contributed by atoms with Crippen molar-refractivity contribution < 1.29 is 4.79 Å². The fraction of sp³-hybridized carbons (Fsp3) is 0.467. The highest BCUT2D eigenvalue weighted by Gasteiger charge is 2.28. The Kier molecular flexibility index (Phi) is 3.79. The molecule has 0 radical (unpaired) electrons. The molecule has 3 rings (SSSR count). The van der Waals surface area contributed by atoms with Crippen LogP contribution in [0.4, 0.5) is 0 Å². The van der Waals surface area contributed by atoms with E-state index in [0.717, 1.165) is 24.4 Å². The van der Waals surface area contributed by atoms with Gasteiger partial charge in [-0.1, -0.05) is 0 Å². The van der Waals surface area contributed by atoms with Crippen molar-refractivity contribution in [2.24, 2.45) is 7.05 Å². The summed E-state index contributed by atoms with van der Waals surface area (Å²) in [5.74, 6) is 1.11. The summed E-state index contributed by atoms with van der Waals surface area (Å²) in [6, 6.07) is 2.79. The first-order valence-corrected chi connectivity index (χ1v) is 7.39. The first-order valence-electron chi connectivity index (χ1n) is 7.39. The molecule has 7 nitrogen and oxygen atoms in total. The molecular weight excluding hydrogens is 282 g/mol. The van der Waals surface area contributed by atoms with E-state index in [1.807, 2.05) is 24.7 Å². The molecule has 1 fully saturated rings. The summed E-state index contributed by atoms with van der Waals surface area (Å²) in [4.78, 5) is 29.9. The van der Waals surface area contributed by atoms with Crippen LogP contribution in [0.15, 0.2) is 23.1 Å². The molecule has 116 valence electrons. The number of piperidine rings is 1. The van der Waals surface area contributed by atoms with Crippen LogP contribution in [-0.2, 0) is 7.05 Å². The van der Waals surface area contributed by atoms with Crippen molar-refractivity contribution >= 4 is 5.91 Å². The van der Waals surface area contributed by atoms with Gasteiger partial charge in [0.1, 0.15) is 11.5 Å². The van der Waals surface area contributed by atoms with Crippen LogP contribution in [0.25, 0.3) is 0 Å². The number of carbonyl (C=O) groups excluding carboxylic acids is 1. The lowest BCUT2D eigenvalue weighted by molar-refractivity contribution is 0.0696. The molecule has 1 aliphatic rings. The lowest BCUT2D eigenvalue weighted by Crippen LogP contribution is -2.40. The zero-order valence-electron chi connectivity index (χ0n) is 12.7. The molecule has 3 heterocycles. The topological polar surface area (TPSA) is 83.9 Å². The van der Waals surface area contributed by atoms with E-state index >= 15 is 0 Å². The molecule has 0 unspecified atom stereocenters. The number of nitrogens with one attached hydrogen (secondary N) is 1. The minimum atomic E-state index is -0.309. The predicted octanol–water partition coefficient (Wildman–Crippen LogP) is 0.832. The van der Waals surface area contributed by atoms with E-state index in [1.54, 1.807) is 4.90 Å². The fourth-order valence-electron chi connectivity index (χ4n) is 3.01. The van der Waals surface area contributed by atoms with Crippen molar-refractivity contribution in [3.63, 3.8) is 0 Å². The number of H-pyrrole nitrogens is 1. The van der Waals surface area contributed by atoms with Gasteiger partial charge < -0.3 is 9.47 Å². The monoisotopic (exact) mass is 301 g/mol. The number of hydrogen-bond acceptors (Lipinski definition) is 4. The molecule has 0 saturated carbocycles. The molecule has 1 aliphatic heterocycles. The van der Waals surface area contributed by atoms with E-state index < -0.39 is 0 Å². The van der Waals surface area contributed by atoms with Gasteiger partial charge in [0.2, 0.25) is 0 Å². The molecule has 2 aromatic heterocycles. The summed E-state index contributed by atoms with van der Waals surface area (Å²) in [5.41, 5.74) is 0.955. The lowest BCUT2D eigenvalue weighted by Gasteiger charge is -2.32. The number of rotatable bonds is 2. The largest absolute Gasteiger partial charge is 0.337 e. The minimum Gasteiger partial charge on any atom is -0.337 e. The number of aryl methyl sites for hydroxylation is 2. The first-order chi connectivity index (χ1) is 10.5. The molecule has 1 saturated heterocycles. The number of hydrogen-bond donors (Lipinski definition) is 1. The second-order valence-corrected chi connectivity index (χ2v) is 5.75. The van der Waals surface area contributed by atoms with Crippen molar-refractivity contribution in [2.75, 3.05) is 13.1 Å². The Hall–Kier alpha value is -2.44. The normalized spacial score (nSPS) is 18.5. The van der Waals surface area contributed by atoms with Crippen LogP contribution in [0.3, 0.4) is 0 Å². The van der Waals surface area contributed by atoms with Gasteiger partial charge in [0, 0.05) is 38.3 Å². The predicted molar refractivity (Wildman–Crippen MR) is 80.7 cm³/mol. The van der Waals surface area contributed by atoms with Crippen molar-refractivity contribution in [3.8, 4) is 0 Å². The average molecular weight is 301 g/mol. The van der Waals surface area contributed by atoms with Gasteiger partial charge in [-0.3, -0.25) is 9.59 Å². The molecule has 0 spiro atoms. The molecule has 0 aromatic carbocycles. The highest BCUT2D eigenvalue weighted by molar-refractivity contribution is 5.92. The summed E-state index contributed by atoms with van der Waals surface area (Å²) in [6.07, 6.45) is 3.96. The van der Waals surface area contributed by atoms with Crippen LogP contribution in [0.1, 0.15) is 40.8 Å². The number of aromatic amines is 1. The van der Waals surface area contributed by atoms with Crippen LogP contribution >= 0.6 is 0 Å². The van der Waals surface area contributed by atoms with Gasteiger partial charge in [-0.25, -0.2) is 10.1 Å². The van der Waals surface area contributed by atoms with E-state index in [2.05, 4.69) is 15.2 Å². The number of carbonyl (C=O) groups is 1. The average Bonchev–Trinajstić information content (AvgIpc) is 2.86. The molecule has 0 aliphatic carbocycles. The number of amides is 1. The van der Waals surface area contributed by atoms with Gasteiger partial charge in [-0.15, -0.1) is 0 Å². The molecule has 2 aromatic rings. The van der Waals surface area contributed by atoms with E-state index in [4.69, 9.17) is 0 Å². The minimum absolute atomic E-state index is 0.146. The highest BCUT2D eigenvalue weighted by Crippen LogP contribution is 2.26. The third-order valence-corrected chi connectivity index (χ3v) is 4.00. The SMILES string of the molecule is Cc1cn(C)c([C@H]2CCCN(C(=O)c3ccc(=O)[nH]n3)C2)n1. The third kappa shape index (κ3) is 2.79. The van der Waals surface area contributed by atoms with Crippen LogP contribution in [0, 0.1) is 6.92 Å². The Morgan fingerprint density at radius 1 is 1.41 bits per heavy atom. The van der Waals surface area contributed by atoms with Crippen LogP contribution in [0.5, 0.6) is 0 Å². The smallest absolute Gasteiger partial charge is 0.274 e. The zero-order chi connectivity index (χ0) is 15.7. The number of aromatic nitrogens is 4. The summed E-state index contributed by atoms with van der Waals surface area (Å²) >= 11 is 0. The maximum Gasteiger partial charge on any atom is 0.274 e. The quantitative estimate of drug-likeness (QED) is 0.890. The fourth-order valence-corrected chi connectivity index (χ4v) is 3.01. The van der Waals surface area contributed by atoms with Crippen LogP contribution < -0.4 is 5.56 Å². The van der Waals surface area contributed by atoms with E-state index in [1.165, 1.54) is 12.1 Å². The second-order valence-electron chi connectivity index (χ2n) is 5.75. The van der Waals surface area contributed by atoms with Gasteiger partial charge in [0.15, 0.2) is 0 Å². The second kappa shape index (κ2) is 5.75. The van der Waals surface area contributed by atoms with Crippen molar-refractivity contribution in [3.05, 3.63) is 45.9 Å².